The molecule has 0 unspecified atom stereocenters. The highest BCUT2D eigenvalue weighted by Gasteiger charge is 2.23. The van der Waals surface area contributed by atoms with E-state index in [1.165, 1.54) is 0 Å². The third-order valence-corrected chi connectivity index (χ3v) is 3.29. The molecule has 6 nitrogen and oxygen atoms in total. The fraction of sp³-hybridized carbons (Fsp3) is 0.438. The maximum Gasteiger partial charge on any atom is 0.225 e. The number of amides is 1. The van der Waals surface area contributed by atoms with E-state index in [0.717, 1.165) is 22.7 Å². The minimum absolute atomic E-state index is 0.0330. The molecule has 118 valence electrons. The van der Waals surface area contributed by atoms with Gasteiger partial charge in [-0.15, -0.1) is 0 Å². The van der Waals surface area contributed by atoms with Gasteiger partial charge in [0.1, 0.15) is 5.75 Å². The Morgan fingerprint density at radius 3 is 2.55 bits per heavy atom. The molecule has 0 saturated heterocycles. The van der Waals surface area contributed by atoms with Crippen LogP contribution in [0.25, 0.3) is 11.4 Å². The number of aryl methyl sites for hydroxylation is 1. The van der Waals surface area contributed by atoms with E-state index in [0.29, 0.717) is 5.82 Å². The number of nitrogens with two attached hydrogens (primary N) is 1. The van der Waals surface area contributed by atoms with Crippen LogP contribution < -0.4 is 10.5 Å². The zero-order valence-electron chi connectivity index (χ0n) is 13.7. The minimum atomic E-state index is -0.441. The molecule has 2 rings (SSSR count). The molecule has 2 aromatic rings. The number of hydrogen-bond donors (Lipinski definition) is 1. The van der Waals surface area contributed by atoms with Gasteiger partial charge in [0.15, 0.2) is 11.6 Å². The SMILES string of the molecule is COc1ccc(-c2nc(CC(N)=O)nn2C(C)(C)C)c(C)c1. The number of benzene rings is 1. The van der Waals surface area contributed by atoms with Gasteiger partial charge in [0, 0.05) is 5.56 Å². The summed E-state index contributed by atoms with van der Waals surface area (Å²) >= 11 is 0. The second kappa shape index (κ2) is 5.79. The van der Waals surface area contributed by atoms with E-state index in [1.807, 2.05) is 50.6 Å². The van der Waals surface area contributed by atoms with E-state index >= 15 is 0 Å². The van der Waals surface area contributed by atoms with Crippen molar-refractivity contribution >= 4 is 5.91 Å². The smallest absolute Gasteiger partial charge is 0.225 e. The Balaban J connectivity index is 2.58. The van der Waals surface area contributed by atoms with Gasteiger partial charge in [-0.3, -0.25) is 4.79 Å². The highest BCUT2D eigenvalue weighted by molar-refractivity contribution is 5.76. The van der Waals surface area contributed by atoms with Crippen LogP contribution in [-0.4, -0.2) is 27.8 Å². The molecule has 0 saturated carbocycles. The predicted molar refractivity (Wildman–Crippen MR) is 84.6 cm³/mol. The maximum absolute atomic E-state index is 11.1. The lowest BCUT2D eigenvalue weighted by Crippen LogP contribution is -2.24. The lowest BCUT2D eigenvalue weighted by molar-refractivity contribution is -0.117. The fourth-order valence-electron chi connectivity index (χ4n) is 2.24. The van der Waals surface area contributed by atoms with E-state index in [4.69, 9.17) is 10.5 Å². The van der Waals surface area contributed by atoms with Crippen LogP contribution in [0.2, 0.25) is 0 Å². The van der Waals surface area contributed by atoms with Crippen LogP contribution in [0.15, 0.2) is 18.2 Å². The summed E-state index contributed by atoms with van der Waals surface area (Å²) < 4.78 is 7.07. The molecule has 2 N–H and O–H groups in total. The first-order valence-corrected chi connectivity index (χ1v) is 7.12. The number of nitrogens with zero attached hydrogens (tertiary/aromatic N) is 3. The number of carbonyl (C=O) groups excluding carboxylic acids is 1. The van der Waals surface area contributed by atoms with E-state index in [9.17, 15) is 4.79 Å². The molecule has 0 radical (unpaired) electrons. The van der Waals surface area contributed by atoms with Gasteiger partial charge in [-0.1, -0.05) is 0 Å². The average molecular weight is 302 g/mol. The van der Waals surface area contributed by atoms with Crippen molar-refractivity contribution < 1.29 is 9.53 Å². The summed E-state index contributed by atoms with van der Waals surface area (Å²) in [6, 6.07) is 5.79. The molecule has 0 bridgehead atoms. The monoisotopic (exact) mass is 302 g/mol. The first kappa shape index (κ1) is 16.0. The van der Waals surface area contributed by atoms with Gasteiger partial charge in [-0.2, -0.15) is 5.10 Å². The summed E-state index contributed by atoms with van der Waals surface area (Å²) in [6.07, 6.45) is 0.0330. The van der Waals surface area contributed by atoms with Crippen molar-refractivity contribution in [2.45, 2.75) is 39.7 Å². The van der Waals surface area contributed by atoms with Gasteiger partial charge in [-0.25, -0.2) is 9.67 Å². The Kier molecular flexibility index (Phi) is 4.21. The van der Waals surface area contributed by atoms with E-state index in [2.05, 4.69) is 10.1 Å². The molecular weight excluding hydrogens is 280 g/mol. The van der Waals surface area contributed by atoms with Gasteiger partial charge in [-0.05, 0) is 51.5 Å². The van der Waals surface area contributed by atoms with E-state index in [-0.39, 0.29) is 12.0 Å². The Morgan fingerprint density at radius 2 is 2.05 bits per heavy atom. The molecule has 1 heterocycles. The van der Waals surface area contributed by atoms with Gasteiger partial charge < -0.3 is 10.5 Å². The van der Waals surface area contributed by atoms with Crippen LogP contribution in [0.4, 0.5) is 0 Å². The number of aromatic nitrogens is 3. The number of methoxy groups -OCH3 is 1. The number of rotatable bonds is 4. The molecule has 0 aliphatic carbocycles. The fourth-order valence-corrected chi connectivity index (χ4v) is 2.24. The van der Waals surface area contributed by atoms with Crippen LogP contribution in [0.5, 0.6) is 5.75 Å². The molecule has 0 aliphatic rings. The largest absolute Gasteiger partial charge is 0.497 e. The minimum Gasteiger partial charge on any atom is -0.497 e. The second-order valence-electron chi connectivity index (χ2n) is 6.26. The molecule has 1 amide bonds. The highest BCUT2D eigenvalue weighted by atomic mass is 16.5. The van der Waals surface area contributed by atoms with E-state index < -0.39 is 5.91 Å². The molecule has 0 atom stereocenters. The van der Waals surface area contributed by atoms with Gasteiger partial charge in [0.2, 0.25) is 5.91 Å². The van der Waals surface area contributed by atoms with Gasteiger partial charge >= 0.3 is 0 Å². The zero-order valence-corrected chi connectivity index (χ0v) is 13.7. The summed E-state index contributed by atoms with van der Waals surface area (Å²) in [7, 11) is 1.64. The van der Waals surface area contributed by atoms with Crippen LogP contribution in [0.3, 0.4) is 0 Å². The summed E-state index contributed by atoms with van der Waals surface area (Å²) in [6.45, 7) is 8.11. The first-order chi connectivity index (χ1) is 10.2. The maximum atomic E-state index is 11.1. The molecule has 0 fully saturated rings. The number of hydrogen-bond acceptors (Lipinski definition) is 4. The molecule has 22 heavy (non-hydrogen) atoms. The quantitative estimate of drug-likeness (QED) is 0.937. The van der Waals surface area contributed by atoms with Crippen molar-refractivity contribution in [1.82, 2.24) is 14.8 Å². The predicted octanol–water partition coefficient (Wildman–Crippen LogP) is 2.04. The van der Waals surface area contributed by atoms with Crippen molar-refractivity contribution in [3.63, 3.8) is 0 Å². The summed E-state index contributed by atoms with van der Waals surface area (Å²) in [4.78, 5) is 15.7. The van der Waals surface area contributed by atoms with Gasteiger partial charge in [0.05, 0.1) is 19.1 Å². The topological polar surface area (TPSA) is 83.0 Å². The van der Waals surface area contributed by atoms with E-state index in [1.54, 1.807) is 7.11 Å². The number of ether oxygens (including phenoxy) is 1. The van der Waals surface area contributed by atoms with Crippen molar-refractivity contribution in [3.05, 3.63) is 29.6 Å². The Bertz CT molecular complexity index is 699. The van der Waals surface area contributed by atoms with Crippen molar-refractivity contribution in [3.8, 4) is 17.1 Å². The molecule has 0 spiro atoms. The molecule has 1 aromatic carbocycles. The number of primary amides is 1. The summed E-state index contributed by atoms with van der Waals surface area (Å²) in [5, 5.41) is 4.46. The lowest BCUT2D eigenvalue weighted by Gasteiger charge is -2.21. The third kappa shape index (κ3) is 3.27. The lowest BCUT2D eigenvalue weighted by atomic mass is 10.1. The average Bonchev–Trinajstić information content (AvgIpc) is 2.81. The highest BCUT2D eigenvalue weighted by Crippen LogP contribution is 2.29. The number of carbonyl (C=O) groups is 1. The Hall–Kier alpha value is -2.37. The van der Waals surface area contributed by atoms with Crippen molar-refractivity contribution in [1.29, 1.82) is 0 Å². The summed E-state index contributed by atoms with van der Waals surface area (Å²) in [5.74, 6) is 1.51. The Labute approximate surface area is 130 Å². The molecule has 0 aliphatic heterocycles. The normalized spacial score (nSPS) is 11.5. The molecular formula is C16H22N4O2. The second-order valence-corrected chi connectivity index (χ2v) is 6.26. The zero-order chi connectivity index (χ0) is 16.5. The van der Waals surface area contributed by atoms with Gasteiger partial charge in [0.25, 0.3) is 0 Å². The Morgan fingerprint density at radius 1 is 1.36 bits per heavy atom. The van der Waals surface area contributed by atoms with Crippen LogP contribution in [0, 0.1) is 6.92 Å². The third-order valence-electron chi connectivity index (χ3n) is 3.29. The standard InChI is InChI=1S/C16H22N4O2/c1-10-8-11(22-5)6-7-12(10)15-18-14(9-13(17)21)19-20(15)16(2,3)4/h6-8H,9H2,1-5H3,(H2,17,21). The summed E-state index contributed by atoms with van der Waals surface area (Å²) in [5.41, 5.74) is 6.98. The van der Waals surface area contributed by atoms with Crippen molar-refractivity contribution in [2.24, 2.45) is 5.73 Å². The van der Waals surface area contributed by atoms with Crippen LogP contribution in [-0.2, 0) is 16.8 Å². The molecule has 6 heteroatoms. The van der Waals surface area contributed by atoms with Crippen molar-refractivity contribution in [2.75, 3.05) is 7.11 Å². The van der Waals surface area contributed by atoms with Crippen LogP contribution in [0.1, 0.15) is 32.2 Å². The first-order valence-electron chi connectivity index (χ1n) is 7.12. The van der Waals surface area contributed by atoms with Crippen LogP contribution >= 0.6 is 0 Å². The molecule has 1 aromatic heterocycles.